The Hall–Kier alpha value is -4.52. The van der Waals surface area contributed by atoms with Crippen molar-refractivity contribution < 1.29 is 33.0 Å². The summed E-state index contributed by atoms with van der Waals surface area (Å²) in [6.45, 7) is 10.2. The van der Waals surface area contributed by atoms with Crippen LogP contribution >= 0.6 is 0 Å². The number of hydrogen-bond acceptors (Lipinski definition) is 7. The number of aliphatic hydroxyl groups excluding tert-OH is 1. The molecule has 2 aromatic carbocycles. The van der Waals surface area contributed by atoms with Crippen LogP contribution in [-0.2, 0) is 11.2 Å². The Morgan fingerprint density at radius 3 is 2.51 bits per heavy atom. The van der Waals surface area contributed by atoms with Crippen LogP contribution in [0.1, 0.15) is 64.5 Å². The van der Waals surface area contributed by atoms with Crippen LogP contribution in [0.25, 0.3) is 16.8 Å². The molecule has 47 heavy (non-hydrogen) atoms. The summed E-state index contributed by atoms with van der Waals surface area (Å²) in [5.74, 6) is -2.72. The fourth-order valence-corrected chi connectivity index (χ4v) is 5.49. The SMILES string of the molecule is CC(C)(CO)NC(=O)c1ccc(-c2ccn3c(C(=O)Cc4cc(C(=O)NCCN5CCOCC5(C)C)ccc4F)cnc3c2)cc1F. The molecule has 0 atom stereocenters. The maximum atomic E-state index is 14.9. The Morgan fingerprint density at radius 2 is 1.79 bits per heavy atom. The number of nitrogens with zero attached hydrogens (tertiary/aromatic N) is 3. The predicted octanol–water partition coefficient (Wildman–Crippen LogP) is 4.05. The van der Waals surface area contributed by atoms with Gasteiger partial charge in [-0.25, -0.2) is 13.8 Å². The van der Waals surface area contributed by atoms with Crippen LogP contribution in [-0.4, -0.2) is 87.5 Å². The van der Waals surface area contributed by atoms with Gasteiger partial charge >= 0.3 is 0 Å². The second-order valence-electron chi connectivity index (χ2n) is 13.0. The van der Waals surface area contributed by atoms with Crippen molar-refractivity contribution in [3.05, 3.63) is 94.9 Å². The standard InChI is InChI=1S/C35H39F2N5O5/c1-34(2,20-43)40-33(46)26-7-5-22(16-28(26)37)23-9-11-42-29(19-39-31(42)18-23)30(44)17-25-15-24(6-8-27(25)36)32(45)38-10-12-41-13-14-47-21-35(41,3)4/h5-9,11,15-16,18-19,43H,10,12-14,17,20-21H2,1-4H3,(H,38,45)(H,40,46). The molecule has 2 amide bonds. The van der Waals surface area contributed by atoms with E-state index in [4.69, 9.17) is 4.74 Å². The van der Waals surface area contributed by atoms with Crippen LogP contribution in [0.15, 0.2) is 60.9 Å². The lowest BCUT2D eigenvalue weighted by Gasteiger charge is -2.42. The number of morpholine rings is 1. The normalized spacial score (nSPS) is 15.0. The van der Waals surface area contributed by atoms with Gasteiger partial charge in [0, 0.05) is 43.4 Å². The van der Waals surface area contributed by atoms with Gasteiger partial charge in [0.2, 0.25) is 0 Å². The van der Waals surface area contributed by atoms with E-state index in [-0.39, 0.29) is 46.9 Å². The number of pyridine rings is 1. The molecule has 0 radical (unpaired) electrons. The molecule has 0 bridgehead atoms. The number of Topliss-reactive ketones (excluding diaryl/α,β-unsaturated/α-hetero) is 1. The number of ether oxygens (including phenoxy) is 1. The topological polar surface area (TPSA) is 125 Å². The first kappa shape index (κ1) is 33.8. The zero-order valence-electron chi connectivity index (χ0n) is 26.9. The highest BCUT2D eigenvalue weighted by molar-refractivity contribution is 5.98. The summed E-state index contributed by atoms with van der Waals surface area (Å²) >= 11 is 0. The van der Waals surface area contributed by atoms with Crippen molar-refractivity contribution in [1.82, 2.24) is 24.9 Å². The zero-order valence-corrected chi connectivity index (χ0v) is 26.9. The summed E-state index contributed by atoms with van der Waals surface area (Å²) in [5, 5.41) is 14.9. The summed E-state index contributed by atoms with van der Waals surface area (Å²) in [6, 6.07) is 11.5. The summed E-state index contributed by atoms with van der Waals surface area (Å²) in [4.78, 5) is 45.2. The van der Waals surface area contributed by atoms with Gasteiger partial charge in [0.15, 0.2) is 5.78 Å². The largest absolute Gasteiger partial charge is 0.394 e. The Labute approximate surface area is 271 Å². The highest BCUT2D eigenvalue weighted by Gasteiger charge is 2.30. The van der Waals surface area contributed by atoms with Gasteiger partial charge in [0.05, 0.1) is 37.1 Å². The number of hydrogen-bond donors (Lipinski definition) is 3. The maximum absolute atomic E-state index is 14.9. The van der Waals surface area contributed by atoms with E-state index in [0.29, 0.717) is 43.1 Å². The fraction of sp³-hybridized carbons (Fsp3) is 0.371. The third kappa shape index (κ3) is 7.73. The molecule has 10 nitrogen and oxygen atoms in total. The molecular weight excluding hydrogens is 608 g/mol. The van der Waals surface area contributed by atoms with Crippen molar-refractivity contribution in [2.45, 2.75) is 45.2 Å². The smallest absolute Gasteiger partial charge is 0.254 e. The fourth-order valence-electron chi connectivity index (χ4n) is 5.49. The van der Waals surface area contributed by atoms with E-state index in [1.54, 1.807) is 42.6 Å². The second kappa shape index (κ2) is 13.7. The van der Waals surface area contributed by atoms with Crippen LogP contribution in [0.2, 0.25) is 0 Å². The predicted molar refractivity (Wildman–Crippen MR) is 172 cm³/mol. The number of aromatic nitrogens is 2. The second-order valence-corrected chi connectivity index (χ2v) is 13.0. The van der Waals surface area contributed by atoms with E-state index >= 15 is 0 Å². The molecule has 1 aliphatic rings. The highest BCUT2D eigenvalue weighted by Crippen LogP contribution is 2.25. The number of rotatable bonds is 11. The Bertz CT molecular complexity index is 1820. The number of benzene rings is 2. The van der Waals surface area contributed by atoms with E-state index < -0.39 is 28.9 Å². The van der Waals surface area contributed by atoms with Crippen molar-refractivity contribution in [1.29, 1.82) is 0 Å². The quantitative estimate of drug-likeness (QED) is 0.210. The van der Waals surface area contributed by atoms with Crippen molar-refractivity contribution >= 4 is 23.2 Å². The molecule has 5 rings (SSSR count). The molecule has 0 unspecified atom stereocenters. The molecule has 0 aliphatic carbocycles. The van der Waals surface area contributed by atoms with E-state index in [0.717, 1.165) is 6.54 Å². The number of nitrogens with one attached hydrogen (secondary N) is 2. The molecule has 1 saturated heterocycles. The molecule has 2 aromatic heterocycles. The molecule has 1 fully saturated rings. The molecule has 4 aromatic rings. The average Bonchev–Trinajstić information content (AvgIpc) is 3.46. The molecule has 1 aliphatic heterocycles. The van der Waals surface area contributed by atoms with E-state index in [9.17, 15) is 28.3 Å². The van der Waals surface area contributed by atoms with Crippen LogP contribution in [0.4, 0.5) is 8.78 Å². The lowest BCUT2D eigenvalue weighted by molar-refractivity contribution is -0.0498. The third-order valence-electron chi connectivity index (χ3n) is 8.34. The molecule has 0 saturated carbocycles. The lowest BCUT2D eigenvalue weighted by Crippen LogP contribution is -2.54. The summed E-state index contributed by atoms with van der Waals surface area (Å²) in [6.07, 6.45) is 2.72. The van der Waals surface area contributed by atoms with Crippen LogP contribution in [0.3, 0.4) is 0 Å². The summed E-state index contributed by atoms with van der Waals surface area (Å²) < 4.78 is 36.8. The third-order valence-corrected chi connectivity index (χ3v) is 8.34. The van der Waals surface area contributed by atoms with Gasteiger partial charge in [-0.3, -0.25) is 23.7 Å². The minimum atomic E-state index is -0.909. The molecular formula is C35H39F2N5O5. The van der Waals surface area contributed by atoms with Crippen LogP contribution in [0.5, 0.6) is 0 Å². The van der Waals surface area contributed by atoms with Gasteiger partial charge < -0.3 is 20.5 Å². The molecule has 3 heterocycles. The van der Waals surface area contributed by atoms with Crippen LogP contribution in [0, 0.1) is 11.6 Å². The number of fused-ring (bicyclic) bond motifs is 1. The van der Waals surface area contributed by atoms with E-state index in [1.165, 1.54) is 36.5 Å². The van der Waals surface area contributed by atoms with Crippen molar-refractivity contribution in [3.63, 3.8) is 0 Å². The average molecular weight is 648 g/mol. The molecule has 12 heteroatoms. The number of aliphatic hydroxyl groups is 1. The summed E-state index contributed by atoms with van der Waals surface area (Å²) in [5.41, 5.74) is 0.873. The van der Waals surface area contributed by atoms with Crippen LogP contribution < -0.4 is 10.6 Å². The number of carbonyl (C=O) groups excluding carboxylic acids is 3. The van der Waals surface area contributed by atoms with Gasteiger partial charge in [-0.05, 0) is 86.8 Å². The van der Waals surface area contributed by atoms with Gasteiger partial charge in [0.1, 0.15) is 23.0 Å². The first-order valence-corrected chi connectivity index (χ1v) is 15.4. The monoisotopic (exact) mass is 647 g/mol. The number of amides is 2. The Kier molecular flexibility index (Phi) is 9.85. The number of ketones is 1. The number of imidazole rings is 1. The maximum Gasteiger partial charge on any atom is 0.254 e. The minimum absolute atomic E-state index is 0.0884. The highest BCUT2D eigenvalue weighted by atomic mass is 19.1. The number of carbonyl (C=O) groups is 3. The first-order chi connectivity index (χ1) is 22.3. The number of halogens is 2. The Balaban J connectivity index is 1.26. The van der Waals surface area contributed by atoms with Crippen molar-refractivity contribution in [3.8, 4) is 11.1 Å². The van der Waals surface area contributed by atoms with E-state index in [2.05, 4.69) is 34.4 Å². The first-order valence-electron chi connectivity index (χ1n) is 15.4. The van der Waals surface area contributed by atoms with Gasteiger partial charge in [-0.2, -0.15) is 0 Å². The van der Waals surface area contributed by atoms with Crippen molar-refractivity contribution in [2.75, 3.05) is 39.5 Å². The van der Waals surface area contributed by atoms with E-state index in [1.807, 2.05) is 0 Å². The van der Waals surface area contributed by atoms with Gasteiger partial charge in [0.25, 0.3) is 11.8 Å². The van der Waals surface area contributed by atoms with Crippen molar-refractivity contribution in [2.24, 2.45) is 0 Å². The Morgan fingerprint density at radius 1 is 1.02 bits per heavy atom. The molecule has 0 spiro atoms. The lowest BCUT2D eigenvalue weighted by atomic mass is 10.0. The molecule has 3 N–H and O–H groups in total. The van der Waals surface area contributed by atoms with Gasteiger partial charge in [-0.15, -0.1) is 0 Å². The summed E-state index contributed by atoms with van der Waals surface area (Å²) in [7, 11) is 0. The zero-order chi connectivity index (χ0) is 33.9. The van der Waals surface area contributed by atoms with Gasteiger partial charge in [-0.1, -0.05) is 6.07 Å². The minimum Gasteiger partial charge on any atom is -0.394 e. The molecule has 248 valence electrons.